The SMILES string of the molecule is CCNCc1c(N(C)CC)nc2ccccn12. The highest BCUT2D eigenvalue weighted by Gasteiger charge is 2.13. The first-order chi connectivity index (χ1) is 8.27. The average Bonchev–Trinajstić information content (AvgIpc) is 2.74. The van der Waals surface area contributed by atoms with Crippen molar-refractivity contribution in [2.45, 2.75) is 20.4 Å². The number of hydrogen-bond acceptors (Lipinski definition) is 3. The van der Waals surface area contributed by atoms with Gasteiger partial charge in [-0.15, -0.1) is 0 Å². The summed E-state index contributed by atoms with van der Waals surface area (Å²) in [5, 5.41) is 3.37. The highest BCUT2D eigenvalue weighted by Crippen LogP contribution is 2.20. The lowest BCUT2D eigenvalue weighted by Gasteiger charge is -2.15. The molecule has 17 heavy (non-hydrogen) atoms. The van der Waals surface area contributed by atoms with Gasteiger partial charge in [0.15, 0.2) is 5.82 Å². The number of anilines is 1. The molecule has 0 bridgehead atoms. The molecule has 1 N–H and O–H groups in total. The van der Waals surface area contributed by atoms with Crippen LogP contribution in [0.4, 0.5) is 5.82 Å². The zero-order valence-electron chi connectivity index (χ0n) is 10.8. The molecule has 0 spiro atoms. The van der Waals surface area contributed by atoms with E-state index in [1.54, 1.807) is 0 Å². The van der Waals surface area contributed by atoms with Gasteiger partial charge >= 0.3 is 0 Å². The first kappa shape index (κ1) is 11.9. The Morgan fingerprint density at radius 2 is 2.18 bits per heavy atom. The normalized spacial score (nSPS) is 11.0. The Labute approximate surface area is 102 Å². The second kappa shape index (κ2) is 5.19. The number of rotatable bonds is 5. The summed E-state index contributed by atoms with van der Waals surface area (Å²) < 4.78 is 2.16. The lowest BCUT2D eigenvalue weighted by molar-refractivity contribution is 0.702. The third-order valence-corrected chi connectivity index (χ3v) is 2.99. The van der Waals surface area contributed by atoms with Gasteiger partial charge in [-0.3, -0.25) is 0 Å². The summed E-state index contributed by atoms with van der Waals surface area (Å²) in [6.07, 6.45) is 2.07. The van der Waals surface area contributed by atoms with E-state index >= 15 is 0 Å². The van der Waals surface area contributed by atoms with Gasteiger partial charge in [-0.2, -0.15) is 0 Å². The van der Waals surface area contributed by atoms with Gasteiger partial charge in [0, 0.05) is 26.3 Å². The minimum absolute atomic E-state index is 0.849. The molecule has 2 heterocycles. The van der Waals surface area contributed by atoms with Gasteiger partial charge in [0.1, 0.15) is 5.65 Å². The molecule has 0 atom stereocenters. The van der Waals surface area contributed by atoms with Gasteiger partial charge in [0.25, 0.3) is 0 Å². The Balaban J connectivity index is 2.48. The monoisotopic (exact) mass is 232 g/mol. The van der Waals surface area contributed by atoms with E-state index in [0.29, 0.717) is 0 Å². The predicted octanol–water partition coefficient (Wildman–Crippen LogP) is 1.90. The first-order valence-corrected chi connectivity index (χ1v) is 6.15. The van der Waals surface area contributed by atoms with E-state index < -0.39 is 0 Å². The Kier molecular flexibility index (Phi) is 3.64. The molecule has 4 heteroatoms. The van der Waals surface area contributed by atoms with Crippen LogP contribution >= 0.6 is 0 Å². The summed E-state index contributed by atoms with van der Waals surface area (Å²) in [5.74, 6) is 1.07. The number of nitrogens with one attached hydrogen (secondary N) is 1. The summed E-state index contributed by atoms with van der Waals surface area (Å²) in [5.41, 5.74) is 2.24. The summed E-state index contributed by atoms with van der Waals surface area (Å²) in [6, 6.07) is 6.11. The van der Waals surface area contributed by atoms with Crippen LogP contribution in [0.1, 0.15) is 19.5 Å². The van der Waals surface area contributed by atoms with Crippen LogP contribution in [0.25, 0.3) is 5.65 Å². The third kappa shape index (κ3) is 2.26. The number of imidazole rings is 1. The number of aromatic nitrogens is 2. The Morgan fingerprint density at radius 1 is 1.35 bits per heavy atom. The van der Waals surface area contributed by atoms with E-state index in [9.17, 15) is 0 Å². The Morgan fingerprint density at radius 3 is 2.88 bits per heavy atom. The van der Waals surface area contributed by atoms with Crippen molar-refractivity contribution in [2.75, 3.05) is 25.0 Å². The number of fused-ring (bicyclic) bond motifs is 1. The van der Waals surface area contributed by atoms with Gasteiger partial charge in [-0.05, 0) is 25.6 Å². The maximum absolute atomic E-state index is 4.69. The lowest BCUT2D eigenvalue weighted by Crippen LogP contribution is -2.21. The number of hydrogen-bond donors (Lipinski definition) is 1. The molecular formula is C13H20N4. The molecule has 0 unspecified atom stereocenters. The molecule has 2 aromatic heterocycles. The van der Waals surface area contributed by atoms with E-state index in [2.05, 4.69) is 46.7 Å². The molecule has 0 radical (unpaired) electrons. The molecule has 0 saturated carbocycles. The van der Waals surface area contributed by atoms with Crippen molar-refractivity contribution in [3.63, 3.8) is 0 Å². The standard InChI is InChI=1S/C13H20N4/c1-4-14-10-11-13(16(3)5-2)15-12-8-6-7-9-17(11)12/h6-9,14H,4-5,10H2,1-3H3. The van der Waals surface area contributed by atoms with Crippen LogP contribution in [0.2, 0.25) is 0 Å². The molecule has 0 aromatic carbocycles. The van der Waals surface area contributed by atoms with Crippen molar-refractivity contribution in [3.8, 4) is 0 Å². The van der Waals surface area contributed by atoms with Crippen LogP contribution in [0.15, 0.2) is 24.4 Å². The van der Waals surface area contributed by atoms with Crippen LogP contribution in [-0.2, 0) is 6.54 Å². The summed E-state index contributed by atoms with van der Waals surface area (Å²) in [6.45, 7) is 7.03. The van der Waals surface area contributed by atoms with E-state index in [0.717, 1.165) is 31.1 Å². The zero-order chi connectivity index (χ0) is 12.3. The predicted molar refractivity (Wildman–Crippen MR) is 71.5 cm³/mol. The van der Waals surface area contributed by atoms with Crippen molar-refractivity contribution >= 4 is 11.5 Å². The van der Waals surface area contributed by atoms with Crippen LogP contribution in [0.5, 0.6) is 0 Å². The first-order valence-electron chi connectivity index (χ1n) is 6.15. The molecule has 0 aliphatic carbocycles. The molecule has 0 fully saturated rings. The molecule has 0 aliphatic heterocycles. The van der Waals surface area contributed by atoms with Crippen LogP contribution < -0.4 is 10.2 Å². The maximum Gasteiger partial charge on any atom is 0.152 e. The van der Waals surface area contributed by atoms with Crippen molar-refractivity contribution < 1.29 is 0 Å². The van der Waals surface area contributed by atoms with Crippen LogP contribution in [0.3, 0.4) is 0 Å². The van der Waals surface area contributed by atoms with Crippen molar-refractivity contribution in [1.82, 2.24) is 14.7 Å². The fourth-order valence-corrected chi connectivity index (χ4v) is 1.90. The van der Waals surface area contributed by atoms with Crippen molar-refractivity contribution in [3.05, 3.63) is 30.1 Å². The van der Waals surface area contributed by atoms with Crippen LogP contribution in [-0.4, -0.2) is 29.5 Å². The number of nitrogens with zero attached hydrogens (tertiary/aromatic N) is 3. The fourth-order valence-electron chi connectivity index (χ4n) is 1.90. The molecule has 2 aromatic rings. The second-order valence-corrected chi connectivity index (χ2v) is 4.11. The van der Waals surface area contributed by atoms with Crippen LogP contribution in [0, 0.1) is 0 Å². The topological polar surface area (TPSA) is 32.6 Å². The lowest BCUT2D eigenvalue weighted by atomic mass is 10.3. The highest BCUT2D eigenvalue weighted by atomic mass is 15.2. The fraction of sp³-hybridized carbons (Fsp3) is 0.462. The average molecular weight is 232 g/mol. The van der Waals surface area contributed by atoms with E-state index in [-0.39, 0.29) is 0 Å². The quantitative estimate of drug-likeness (QED) is 0.854. The Bertz CT molecular complexity index is 489. The Hall–Kier alpha value is -1.55. The second-order valence-electron chi connectivity index (χ2n) is 4.11. The van der Waals surface area contributed by atoms with Gasteiger partial charge in [0.05, 0.1) is 5.69 Å². The third-order valence-electron chi connectivity index (χ3n) is 2.99. The molecule has 0 aliphatic rings. The summed E-state index contributed by atoms with van der Waals surface area (Å²) in [7, 11) is 2.08. The molecule has 0 amide bonds. The zero-order valence-corrected chi connectivity index (χ0v) is 10.8. The highest BCUT2D eigenvalue weighted by molar-refractivity contribution is 5.55. The van der Waals surface area contributed by atoms with Gasteiger partial charge < -0.3 is 14.6 Å². The molecule has 92 valence electrons. The molecule has 2 rings (SSSR count). The van der Waals surface area contributed by atoms with Gasteiger partial charge in [-0.1, -0.05) is 13.0 Å². The minimum atomic E-state index is 0.849. The minimum Gasteiger partial charge on any atom is -0.358 e. The molecule has 0 saturated heterocycles. The van der Waals surface area contributed by atoms with E-state index in [1.165, 1.54) is 5.69 Å². The summed E-state index contributed by atoms with van der Waals surface area (Å²) >= 11 is 0. The van der Waals surface area contributed by atoms with E-state index in [4.69, 9.17) is 0 Å². The smallest absolute Gasteiger partial charge is 0.152 e. The largest absolute Gasteiger partial charge is 0.358 e. The maximum atomic E-state index is 4.69. The number of pyridine rings is 1. The summed E-state index contributed by atoms with van der Waals surface area (Å²) in [4.78, 5) is 6.87. The van der Waals surface area contributed by atoms with Crippen molar-refractivity contribution in [2.24, 2.45) is 0 Å². The van der Waals surface area contributed by atoms with Gasteiger partial charge in [0.2, 0.25) is 0 Å². The van der Waals surface area contributed by atoms with Gasteiger partial charge in [-0.25, -0.2) is 4.98 Å². The molecular weight excluding hydrogens is 212 g/mol. The molecule has 4 nitrogen and oxygen atoms in total. The van der Waals surface area contributed by atoms with E-state index in [1.807, 2.05) is 18.2 Å². The van der Waals surface area contributed by atoms with Crippen molar-refractivity contribution in [1.29, 1.82) is 0 Å².